The number of piperidine rings is 1. The second kappa shape index (κ2) is 6.79. The third kappa shape index (κ3) is 3.11. The molecule has 0 radical (unpaired) electrons. The lowest BCUT2D eigenvalue weighted by Gasteiger charge is -2.39. The molecule has 0 N–H and O–H groups in total. The van der Waals surface area contributed by atoms with Gasteiger partial charge in [-0.1, -0.05) is 0 Å². The van der Waals surface area contributed by atoms with Crippen molar-refractivity contribution < 1.29 is 4.74 Å². The maximum absolute atomic E-state index is 5.56. The van der Waals surface area contributed by atoms with Gasteiger partial charge in [0.05, 0.1) is 18.9 Å². The summed E-state index contributed by atoms with van der Waals surface area (Å²) in [5.74, 6) is 2.07. The molecule has 136 valence electrons. The molecule has 2 aromatic rings. The van der Waals surface area contributed by atoms with Crippen LogP contribution < -0.4 is 9.80 Å². The summed E-state index contributed by atoms with van der Waals surface area (Å²) in [5.41, 5.74) is 2.29. The Morgan fingerprint density at radius 1 is 1.08 bits per heavy atom. The summed E-state index contributed by atoms with van der Waals surface area (Å²) in [6.45, 7) is 3.44. The molecule has 0 bridgehead atoms. The average molecular weight is 352 g/mol. The Hall–Kier alpha value is -2.28. The highest BCUT2D eigenvalue weighted by molar-refractivity contribution is 5.45. The van der Waals surface area contributed by atoms with Crippen LogP contribution in [0.5, 0.6) is 0 Å². The zero-order chi connectivity index (χ0) is 17.3. The van der Waals surface area contributed by atoms with Crippen LogP contribution in [0.25, 0.3) is 0 Å². The zero-order valence-corrected chi connectivity index (χ0v) is 14.9. The van der Waals surface area contributed by atoms with Gasteiger partial charge in [-0.15, -0.1) is 5.10 Å². The smallest absolute Gasteiger partial charge is 0.151 e. The number of aromatic nitrogens is 4. The highest BCUT2D eigenvalue weighted by Gasteiger charge is 2.36. The van der Waals surface area contributed by atoms with Gasteiger partial charge in [-0.2, -0.15) is 5.10 Å². The molecule has 1 aliphatic carbocycles. The number of hydrogen-bond donors (Lipinski definition) is 0. The molecule has 0 aromatic carbocycles. The van der Waals surface area contributed by atoms with Crippen molar-refractivity contribution >= 4 is 11.6 Å². The van der Waals surface area contributed by atoms with Gasteiger partial charge < -0.3 is 14.5 Å². The summed E-state index contributed by atoms with van der Waals surface area (Å²) >= 11 is 0. The van der Waals surface area contributed by atoms with Crippen molar-refractivity contribution in [1.82, 2.24) is 20.2 Å². The number of hydrogen-bond acceptors (Lipinski definition) is 7. The van der Waals surface area contributed by atoms with Crippen LogP contribution in [-0.4, -0.2) is 51.9 Å². The van der Waals surface area contributed by atoms with E-state index in [4.69, 9.17) is 4.74 Å². The Labute approximate surface area is 153 Å². The van der Waals surface area contributed by atoms with E-state index < -0.39 is 0 Å². The second-order valence-corrected chi connectivity index (χ2v) is 7.40. The number of ether oxygens (including phenoxy) is 1. The fourth-order valence-corrected chi connectivity index (χ4v) is 4.12. The average Bonchev–Trinajstić information content (AvgIpc) is 3.54. The van der Waals surface area contributed by atoms with Gasteiger partial charge in [0.25, 0.3) is 0 Å². The molecule has 0 unspecified atom stereocenters. The van der Waals surface area contributed by atoms with Gasteiger partial charge in [0, 0.05) is 43.4 Å². The van der Waals surface area contributed by atoms with Crippen LogP contribution in [0.3, 0.4) is 0 Å². The molecule has 7 nitrogen and oxygen atoms in total. The number of fused-ring (bicyclic) bond motifs is 1. The molecule has 3 aliphatic rings. The van der Waals surface area contributed by atoms with E-state index in [1.54, 1.807) is 6.33 Å². The van der Waals surface area contributed by atoms with E-state index >= 15 is 0 Å². The van der Waals surface area contributed by atoms with Gasteiger partial charge in [0.15, 0.2) is 5.82 Å². The summed E-state index contributed by atoms with van der Waals surface area (Å²) in [6.07, 6.45) is 9.18. The van der Waals surface area contributed by atoms with Crippen molar-refractivity contribution in [3.63, 3.8) is 0 Å². The molecular formula is C19H24N6O. The van der Waals surface area contributed by atoms with Gasteiger partial charge in [-0.3, -0.25) is 0 Å². The Bertz CT molecular complexity index is 758. The molecule has 2 fully saturated rings. The first-order valence-corrected chi connectivity index (χ1v) is 9.61. The van der Waals surface area contributed by atoms with Crippen LogP contribution in [-0.2, 0) is 17.8 Å². The fourth-order valence-electron chi connectivity index (χ4n) is 4.12. The maximum Gasteiger partial charge on any atom is 0.151 e. The molecular weight excluding hydrogens is 328 g/mol. The second-order valence-electron chi connectivity index (χ2n) is 7.40. The lowest BCUT2D eigenvalue weighted by Crippen LogP contribution is -2.46. The summed E-state index contributed by atoms with van der Waals surface area (Å²) < 4.78 is 5.56. The summed E-state index contributed by atoms with van der Waals surface area (Å²) in [5, 5.41) is 8.91. The monoisotopic (exact) mass is 352 g/mol. The van der Waals surface area contributed by atoms with Gasteiger partial charge in [0.2, 0.25) is 0 Å². The van der Waals surface area contributed by atoms with Crippen LogP contribution in [0.2, 0.25) is 0 Å². The molecule has 7 heteroatoms. The standard InChI is InChI=1S/C19H24N6O/c1-2-15(1)25(18-3-7-20-13-21-18)16-4-8-24(9-5-16)19-11-14-12-26-10-6-17(14)22-23-19/h3,7,11,13,15-16H,1-2,4-6,8-10,12H2. The molecule has 2 aliphatic heterocycles. The summed E-state index contributed by atoms with van der Waals surface area (Å²) in [6, 6.07) is 5.41. The largest absolute Gasteiger partial charge is 0.376 e. The van der Waals surface area contributed by atoms with E-state index in [1.807, 2.05) is 12.3 Å². The number of rotatable bonds is 4. The highest BCUT2D eigenvalue weighted by Crippen LogP contribution is 2.35. The first-order chi connectivity index (χ1) is 12.9. The molecule has 26 heavy (non-hydrogen) atoms. The van der Waals surface area contributed by atoms with Crippen molar-refractivity contribution in [3.05, 3.63) is 35.9 Å². The molecule has 0 spiro atoms. The first-order valence-electron chi connectivity index (χ1n) is 9.61. The van der Waals surface area contributed by atoms with Crippen molar-refractivity contribution in [1.29, 1.82) is 0 Å². The Balaban J connectivity index is 1.28. The van der Waals surface area contributed by atoms with E-state index in [0.717, 1.165) is 56.3 Å². The minimum absolute atomic E-state index is 0.544. The van der Waals surface area contributed by atoms with E-state index in [1.165, 1.54) is 18.4 Å². The molecule has 5 rings (SSSR count). The molecule has 0 atom stereocenters. The third-order valence-corrected chi connectivity index (χ3v) is 5.64. The Morgan fingerprint density at radius 2 is 1.92 bits per heavy atom. The number of nitrogens with zero attached hydrogens (tertiary/aromatic N) is 6. The summed E-state index contributed by atoms with van der Waals surface area (Å²) in [4.78, 5) is 13.5. The lowest BCUT2D eigenvalue weighted by atomic mass is 10.0. The molecule has 1 saturated carbocycles. The molecule has 4 heterocycles. The third-order valence-electron chi connectivity index (χ3n) is 5.64. The lowest BCUT2D eigenvalue weighted by molar-refractivity contribution is 0.109. The zero-order valence-electron chi connectivity index (χ0n) is 14.9. The van der Waals surface area contributed by atoms with Crippen LogP contribution in [0.15, 0.2) is 24.7 Å². The van der Waals surface area contributed by atoms with Gasteiger partial charge in [0.1, 0.15) is 12.1 Å². The topological polar surface area (TPSA) is 67.3 Å². The fraction of sp³-hybridized carbons (Fsp3) is 0.579. The van der Waals surface area contributed by atoms with Crippen LogP contribution >= 0.6 is 0 Å². The van der Waals surface area contributed by atoms with Crippen molar-refractivity contribution in [2.45, 2.75) is 50.8 Å². The summed E-state index contributed by atoms with van der Waals surface area (Å²) in [7, 11) is 0. The Kier molecular flexibility index (Phi) is 4.16. The van der Waals surface area contributed by atoms with Gasteiger partial charge >= 0.3 is 0 Å². The minimum Gasteiger partial charge on any atom is -0.376 e. The predicted molar refractivity (Wildman–Crippen MR) is 98.2 cm³/mol. The van der Waals surface area contributed by atoms with Crippen molar-refractivity contribution in [3.8, 4) is 0 Å². The van der Waals surface area contributed by atoms with E-state index in [0.29, 0.717) is 18.7 Å². The van der Waals surface area contributed by atoms with Crippen LogP contribution in [0.4, 0.5) is 11.6 Å². The van der Waals surface area contributed by atoms with Gasteiger partial charge in [-0.05, 0) is 37.8 Å². The van der Waals surface area contributed by atoms with E-state index in [-0.39, 0.29) is 0 Å². The van der Waals surface area contributed by atoms with E-state index in [9.17, 15) is 0 Å². The quantitative estimate of drug-likeness (QED) is 0.833. The highest BCUT2D eigenvalue weighted by atomic mass is 16.5. The predicted octanol–water partition coefficient (Wildman–Crippen LogP) is 1.98. The van der Waals surface area contributed by atoms with E-state index in [2.05, 4.69) is 36.0 Å². The minimum atomic E-state index is 0.544. The van der Waals surface area contributed by atoms with Crippen LogP contribution in [0, 0.1) is 0 Å². The first kappa shape index (κ1) is 15.9. The SMILES string of the molecule is c1cc(N(C2CC2)C2CCN(c3cc4c(nn3)CCOC4)CC2)ncn1. The molecule has 1 saturated heterocycles. The van der Waals surface area contributed by atoms with Crippen LogP contribution in [0.1, 0.15) is 36.9 Å². The maximum atomic E-state index is 5.56. The van der Waals surface area contributed by atoms with Gasteiger partial charge in [-0.25, -0.2) is 9.97 Å². The van der Waals surface area contributed by atoms with Crippen molar-refractivity contribution in [2.75, 3.05) is 29.5 Å². The molecule has 2 aromatic heterocycles. The number of anilines is 2. The Morgan fingerprint density at radius 3 is 2.69 bits per heavy atom. The normalized spacial score (nSPS) is 20.7. The van der Waals surface area contributed by atoms with Crippen molar-refractivity contribution in [2.24, 2.45) is 0 Å². The molecule has 0 amide bonds.